The maximum atomic E-state index is 13.9. The van der Waals surface area contributed by atoms with Crippen molar-refractivity contribution in [3.8, 4) is 5.75 Å². The molecule has 0 amide bonds. The molecule has 0 spiro atoms. The van der Waals surface area contributed by atoms with Crippen molar-refractivity contribution in [2.45, 2.75) is 0 Å². The van der Waals surface area contributed by atoms with Gasteiger partial charge in [0.15, 0.2) is 5.11 Å². The Kier molecular flexibility index (Phi) is 7.99. The molecule has 0 unspecified atom stereocenters. The van der Waals surface area contributed by atoms with E-state index in [1.807, 2.05) is 0 Å². The average molecular weight is 662 g/mol. The zero-order valence-corrected chi connectivity index (χ0v) is 22.9. The molecule has 38 heavy (non-hydrogen) atoms. The molecule has 9 nitrogen and oxygen atoms in total. The van der Waals surface area contributed by atoms with Crippen LogP contribution in [0.3, 0.4) is 0 Å². The summed E-state index contributed by atoms with van der Waals surface area (Å²) in [6.45, 7) is 0. The largest absolute Gasteiger partial charge is 0.506 e. The van der Waals surface area contributed by atoms with Gasteiger partial charge in [-0.15, -0.1) is 0 Å². The summed E-state index contributed by atoms with van der Waals surface area (Å²) in [5.74, 6) is -3.45. The number of phenols is 1. The molecule has 0 saturated carbocycles. The van der Waals surface area contributed by atoms with Gasteiger partial charge in [-0.1, -0.05) is 6.07 Å². The molecule has 0 aliphatic rings. The number of carboxylic acids is 2. The fraction of sp³-hybridized carbons (Fsp3) is 0. The maximum Gasteiger partial charge on any atom is 0.335 e. The number of hydrogen-bond donors (Lipinski definition) is 3. The normalized spacial score (nSPS) is 10.6. The number of carbonyl (C=O) groups is 2. The molecular formula is C25H15Br2FN4O5S. The summed E-state index contributed by atoms with van der Waals surface area (Å²) in [6.07, 6.45) is 1.49. The number of pyridine rings is 2. The topological polar surface area (TPSA) is 127 Å². The Hall–Kier alpha value is -3.94. The monoisotopic (exact) mass is 660 g/mol. The molecule has 4 aromatic rings. The van der Waals surface area contributed by atoms with E-state index in [9.17, 15) is 29.3 Å². The van der Waals surface area contributed by atoms with Crippen molar-refractivity contribution in [2.75, 3.05) is 9.80 Å². The van der Waals surface area contributed by atoms with Crippen molar-refractivity contribution in [2.24, 2.45) is 0 Å². The second kappa shape index (κ2) is 11.2. The van der Waals surface area contributed by atoms with Gasteiger partial charge < -0.3 is 15.3 Å². The summed E-state index contributed by atoms with van der Waals surface area (Å²) in [6, 6.07) is 15.0. The van der Waals surface area contributed by atoms with E-state index in [-0.39, 0.29) is 39.2 Å². The molecule has 0 aliphatic carbocycles. The zero-order valence-electron chi connectivity index (χ0n) is 18.9. The van der Waals surface area contributed by atoms with Gasteiger partial charge in [-0.25, -0.2) is 23.9 Å². The molecule has 0 bridgehead atoms. The maximum absolute atomic E-state index is 13.9. The van der Waals surface area contributed by atoms with Crippen LogP contribution < -0.4 is 9.80 Å². The smallest absolute Gasteiger partial charge is 0.335 e. The third-order valence-electron chi connectivity index (χ3n) is 5.10. The highest BCUT2D eigenvalue weighted by molar-refractivity contribution is 9.10. The summed E-state index contributed by atoms with van der Waals surface area (Å²) < 4.78 is 14.9. The van der Waals surface area contributed by atoms with Crippen LogP contribution in [0.4, 0.5) is 27.4 Å². The lowest BCUT2D eigenvalue weighted by Crippen LogP contribution is -2.39. The van der Waals surface area contributed by atoms with Gasteiger partial charge in [-0.3, -0.25) is 9.80 Å². The van der Waals surface area contributed by atoms with Gasteiger partial charge in [0.1, 0.15) is 27.8 Å². The van der Waals surface area contributed by atoms with E-state index >= 15 is 0 Å². The SMILES string of the molecule is O=C(O)c1cc(C(=O)O)cc(N(C(=S)N(c2ccc(Br)cn2)c2ccc(F)cc2O)c2cccc(Br)n2)c1. The van der Waals surface area contributed by atoms with Crippen molar-refractivity contribution >= 4 is 84.1 Å². The van der Waals surface area contributed by atoms with Gasteiger partial charge >= 0.3 is 11.9 Å². The van der Waals surface area contributed by atoms with Gasteiger partial charge in [0.25, 0.3) is 0 Å². The summed E-state index contributed by atoms with van der Waals surface area (Å²) >= 11 is 12.5. The lowest BCUT2D eigenvalue weighted by Gasteiger charge is -2.33. The van der Waals surface area contributed by atoms with Crippen molar-refractivity contribution in [3.63, 3.8) is 0 Å². The minimum Gasteiger partial charge on any atom is -0.506 e. The quantitative estimate of drug-likeness (QED) is 0.156. The van der Waals surface area contributed by atoms with Crippen molar-refractivity contribution < 1.29 is 29.3 Å². The highest BCUT2D eigenvalue weighted by Gasteiger charge is 2.28. The predicted molar refractivity (Wildman–Crippen MR) is 149 cm³/mol. The number of rotatable bonds is 6. The molecule has 2 aromatic heterocycles. The number of aromatic hydroxyl groups is 1. The van der Waals surface area contributed by atoms with Crippen molar-refractivity contribution in [1.82, 2.24) is 9.97 Å². The van der Waals surface area contributed by atoms with E-state index in [2.05, 4.69) is 41.8 Å². The van der Waals surface area contributed by atoms with E-state index < -0.39 is 23.5 Å². The second-order valence-corrected chi connectivity index (χ2v) is 9.71. The van der Waals surface area contributed by atoms with Crippen molar-refractivity contribution in [3.05, 3.63) is 98.9 Å². The summed E-state index contributed by atoms with van der Waals surface area (Å²) in [5, 5.41) is 29.8. The molecule has 0 fully saturated rings. The van der Waals surface area contributed by atoms with Crippen LogP contribution in [0.25, 0.3) is 0 Å². The van der Waals surface area contributed by atoms with E-state index in [0.29, 0.717) is 9.08 Å². The Labute approximate surface area is 237 Å². The number of anilines is 4. The number of hydrogen-bond acceptors (Lipinski definition) is 6. The van der Waals surface area contributed by atoms with Gasteiger partial charge in [0, 0.05) is 16.7 Å². The highest BCUT2D eigenvalue weighted by Crippen LogP contribution is 2.37. The van der Waals surface area contributed by atoms with Gasteiger partial charge in [0.2, 0.25) is 0 Å². The number of aromatic carboxylic acids is 2. The number of benzene rings is 2. The average Bonchev–Trinajstić information content (AvgIpc) is 2.86. The molecule has 2 heterocycles. The Morgan fingerprint density at radius 1 is 0.868 bits per heavy atom. The number of phenolic OH excluding ortho intramolecular Hbond substituents is 1. The highest BCUT2D eigenvalue weighted by atomic mass is 79.9. The lowest BCUT2D eigenvalue weighted by atomic mass is 10.1. The minimum absolute atomic E-state index is 0.0547. The van der Waals surface area contributed by atoms with Crippen LogP contribution in [0.1, 0.15) is 20.7 Å². The van der Waals surface area contributed by atoms with E-state index in [4.69, 9.17) is 12.2 Å². The standard InChI is InChI=1S/C25H15Br2FN4O5S/c26-15-4-7-21(29-12-15)32(18-6-5-16(28)11-19(18)33)25(38)31(22-3-1-2-20(27)30-22)17-9-13(23(34)35)8-14(10-17)24(36)37/h1-12,33H,(H,34,35)(H,36,37). The Balaban J connectivity index is 2.00. The first-order valence-corrected chi connectivity index (χ1v) is 12.5. The second-order valence-electron chi connectivity index (χ2n) is 7.62. The van der Waals surface area contributed by atoms with Crippen LogP contribution in [-0.2, 0) is 0 Å². The number of aromatic nitrogens is 2. The number of halogens is 3. The van der Waals surface area contributed by atoms with E-state index in [1.165, 1.54) is 34.2 Å². The van der Waals surface area contributed by atoms with E-state index in [1.54, 1.807) is 30.3 Å². The van der Waals surface area contributed by atoms with E-state index in [0.717, 1.165) is 18.2 Å². The number of nitrogens with zero attached hydrogens (tertiary/aromatic N) is 4. The Morgan fingerprint density at radius 3 is 2.11 bits per heavy atom. The first kappa shape index (κ1) is 27.1. The van der Waals surface area contributed by atoms with Crippen LogP contribution in [0.2, 0.25) is 0 Å². The third-order valence-corrected chi connectivity index (χ3v) is 6.38. The molecule has 0 atom stereocenters. The first-order chi connectivity index (χ1) is 18.0. The summed E-state index contributed by atoms with van der Waals surface area (Å²) in [5.41, 5.74) is -0.498. The minimum atomic E-state index is -1.36. The molecule has 4 rings (SSSR count). The first-order valence-electron chi connectivity index (χ1n) is 10.5. The predicted octanol–water partition coefficient (Wildman–Crippen LogP) is 6.50. The molecule has 0 radical (unpaired) electrons. The molecule has 2 aromatic carbocycles. The third kappa shape index (κ3) is 5.79. The van der Waals surface area contributed by atoms with Crippen LogP contribution in [0.15, 0.2) is 82.0 Å². The molecule has 0 saturated heterocycles. The van der Waals surface area contributed by atoms with Crippen LogP contribution in [0, 0.1) is 5.82 Å². The van der Waals surface area contributed by atoms with Gasteiger partial charge in [-0.2, -0.15) is 0 Å². The summed E-state index contributed by atoms with van der Waals surface area (Å²) in [7, 11) is 0. The number of thiocarbonyl (C=S) groups is 1. The van der Waals surface area contributed by atoms with Crippen molar-refractivity contribution in [1.29, 1.82) is 0 Å². The fourth-order valence-electron chi connectivity index (χ4n) is 3.46. The Bertz CT molecular complexity index is 1540. The van der Waals surface area contributed by atoms with Crippen LogP contribution >= 0.6 is 44.1 Å². The van der Waals surface area contributed by atoms with Gasteiger partial charge in [0.05, 0.1) is 22.5 Å². The Morgan fingerprint density at radius 2 is 1.55 bits per heavy atom. The molecule has 3 N–H and O–H groups in total. The van der Waals surface area contributed by atoms with Crippen LogP contribution in [0.5, 0.6) is 5.75 Å². The lowest BCUT2D eigenvalue weighted by molar-refractivity contribution is 0.0696. The fourth-order valence-corrected chi connectivity index (χ4v) is 4.42. The molecular weight excluding hydrogens is 647 g/mol. The molecule has 13 heteroatoms. The zero-order chi connectivity index (χ0) is 27.6. The summed E-state index contributed by atoms with van der Waals surface area (Å²) in [4.78, 5) is 35.1. The number of carboxylic acid groups (broad SMARTS) is 2. The molecule has 192 valence electrons. The van der Waals surface area contributed by atoms with Gasteiger partial charge in [-0.05, 0) is 98.7 Å². The molecule has 0 aliphatic heterocycles. The van der Waals surface area contributed by atoms with Crippen LogP contribution in [-0.4, -0.2) is 42.3 Å².